The molecule has 3 fully saturated rings. The SMILES string of the molecule is O=C(O)c1cc(C2CCN(C3CC[C@@](C(=O)N4COc5ccc(C(F)(F)F)cc5C4)(C4CC4)OC3)CC2)ccc1F. The van der Waals surface area contributed by atoms with Crippen LogP contribution in [0.4, 0.5) is 17.6 Å². The molecule has 0 radical (unpaired) electrons. The van der Waals surface area contributed by atoms with Crippen LogP contribution in [0.5, 0.6) is 5.75 Å². The van der Waals surface area contributed by atoms with Crippen LogP contribution in [-0.2, 0) is 22.3 Å². The highest BCUT2D eigenvalue weighted by molar-refractivity contribution is 5.88. The van der Waals surface area contributed by atoms with Crippen molar-refractivity contribution in [1.29, 1.82) is 0 Å². The summed E-state index contributed by atoms with van der Waals surface area (Å²) in [5.74, 6) is -1.64. The lowest BCUT2D eigenvalue weighted by Gasteiger charge is -2.46. The summed E-state index contributed by atoms with van der Waals surface area (Å²) >= 11 is 0. The first-order valence-electron chi connectivity index (χ1n) is 14.1. The fourth-order valence-corrected chi connectivity index (χ4v) is 6.66. The number of fused-ring (bicyclic) bond motifs is 1. The lowest BCUT2D eigenvalue weighted by atomic mass is 9.84. The molecule has 2 aromatic rings. The number of nitrogens with zero attached hydrogens (tertiary/aromatic N) is 2. The fraction of sp³-hybridized carbons (Fsp3) is 0.533. The van der Waals surface area contributed by atoms with Gasteiger partial charge in [-0.15, -0.1) is 0 Å². The summed E-state index contributed by atoms with van der Waals surface area (Å²) in [5.41, 5.74) is -0.907. The second-order valence-corrected chi connectivity index (χ2v) is 11.6. The molecule has 0 aromatic heterocycles. The summed E-state index contributed by atoms with van der Waals surface area (Å²) in [5, 5.41) is 9.26. The molecule has 1 amide bonds. The Morgan fingerprint density at radius 1 is 1.00 bits per heavy atom. The van der Waals surface area contributed by atoms with E-state index in [1.807, 2.05) is 0 Å². The first-order chi connectivity index (χ1) is 19.5. The Balaban J connectivity index is 1.08. The van der Waals surface area contributed by atoms with E-state index in [0.29, 0.717) is 24.3 Å². The maximum absolute atomic E-state index is 13.8. The predicted molar refractivity (Wildman–Crippen MR) is 139 cm³/mol. The third kappa shape index (κ3) is 5.41. The summed E-state index contributed by atoms with van der Waals surface area (Å²) in [6, 6.07) is 7.79. The second-order valence-electron chi connectivity index (χ2n) is 11.6. The molecule has 1 saturated carbocycles. The van der Waals surface area contributed by atoms with Crippen LogP contribution >= 0.6 is 0 Å². The zero-order valence-electron chi connectivity index (χ0n) is 22.5. The first kappa shape index (κ1) is 28.0. The van der Waals surface area contributed by atoms with Gasteiger partial charge in [0.2, 0.25) is 0 Å². The van der Waals surface area contributed by atoms with Gasteiger partial charge in [-0.3, -0.25) is 9.69 Å². The number of aromatic carboxylic acids is 1. The number of ether oxygens (including phenoxy) is 2. The number of carboxylic acids is 1. The Bertz CT molecular complexity index is 1330. The molecular formula is C30H32F4N2O5. The number of carbonyl (C=O) groups excluding carboxylic acids is 1. The van der Waals surface area contributed by atoms with E-state index in [1.54, 1.807) is 6.07 Å². The average Bonchev–Trinajstić information content (AvgIpc) is 3.82. The number of carboxylic acid groups (broad SMARTS) is 1. The van der Waals surface area contributed by atoms with Crippen LogP contribution in [0.3, 0.4) is 0 Å². The van der Waals surface area contributed by atoms with Crippen molar-refractivity contribution >= 4 is 11.9 Å². The van der Waals surface area contributed by atoms with Crippen molar-refractivity contribution in [2.75, 3.05) is 26.4 Å². The standard InChI is InChI=1S/C30H32F4N2O5/c31-25-5-1-19(14-24(25)27(37)38)18-8-11-35(12-9-18)23-7-10-29(41-16-23,21-2-3-21)28(39)36-15-20-13-22(30(32,33)34)4-6-26(20)40-17-36/h1,4-6,13-14,18,21,23H,2-3,7-12,15-17H2,(H,37,38)/t23?,29-/m0/s1. The van der Waals surface area contributed by atoms with Crippen LogP contribution < -0.4 is 4.74 Å². The number of rotatable bonds is 5. The molecule has 41 heavy (non-hydrogen) atoms. The van der Waals surface area contributed by atoms with Crippen LogP contribution in [0.15, 0.2) is 36.4 Å². The zero-order valence-corrected chi connectivity index (χ0v) is 22.5. The maximum atomic E-state index is 13.8. The summed E-state index contributed by atoms with van der Waals surface area (Å²) < 4.78 is 65.7. The lowest BCUT2D eigenvalue weighted by molar-refractivity contribution is -0.180. The average molecular weight is 577 g/mol. The Kier molecular flexibility index (Phi) is 7.22. The molecule has 220 valence electrons. The number of piperidine rings is 1. The Hall–Kier alpha value is -3.18. The maximum Gasteiger partial charge on any atom is 0.416 e. The van der Waals surface area contributed by atoms with Crippen LogP contribution in [0.25, 0.3) is 0 Å². The van der Waals surface area contributed by atoms with Gasteiger partial charge in [0.15, 0.2) is 6.73 Å². The molecule has 7 nitrogen and oxygen atoms in total. The molecule has 2 aromatic carbocycles. The number of hydrogen-bond acceptors (Lipinski definition) is 5. The predicted octanol–water partition coefficient (Wildman–Crippen LogP) is 5.43. The number of halogens is 4. The van der Waals surface area contributed by atoms with Crippen molar-refractivity contribution in [1.82, 2.24) is 9.80 Å². The Morgan fingerprint density at radius 3 is 2.39 bits per heavy atom. The number of benzene rings is 2. The molecule has 4 aliphatic rings. The number of likely N-dealkylation sites (tertiary alicyclic amines) is 1. The van der Waals surface area contributed by atoms with Gasteiger partial charge in [0.25, 0.3) is 5.91 Å². The summed E-state index contributed by atoms with van der Waals surface area (Å²) in [6.07, 6.45) is 0.176. The molecule has 2 atom stereocenters. The minimum atomic E-state index is -4.48. The van der Waals surface area contributed by atoms with Gasteiger partial charge in [0, 0.05) is 11.6 Å². The van der Waals surface area contributed by atoms with Gasteiger partial charge < -0.3 is 19.5 Å². The third-order valence-corrected chi connectivity index (χ3v) is 9.13. The van der Waals surface area contributed by atoms with E-state index in [-0.39, 0.29) is 42.6 Å². The van der Waals surface area contributed by atoms with Crippen molar-refractivity contribution in [3.63, 3.8) is 0 Å². The van der Waals surface area contributed by atoms with Crippen LogP contribution in [0, 0.1) is 11.7 Å². The van der Waals surface area contributed by atoms with Gasteiger partial charge in [-0.25, -0.2) is 9.18 Å². The van der Waals surface area contributed by atoms with Crippen LogP contribution in [-0.4, -0.2) is 64.9 Å². The van der Waals surface area contributed by atoms with E-state index in [1.165, 1.54) is 23.1 Å². The van der Waals surface area contributed by atoms with Crippen molar-refractivity contribution in [3.05, 3.63) is 64.5 Å². The van der Waals surface area contributed by atoms with E-state index < -0.39 is 29.1 Å². The molecule has 0 bridgehead atoms. The van der Waals surface area contributed by atoms with E-state index in [2.05, 4.69) is 4.90 Å². The van der Waals surface area contributed by atoms with Gasteiger partial charge in [-0.2, -0.15) is 13.2 Å². The number of alkyl halides is 3. The number of carbonyl (C=O) groups is 2. The number of hydrogen-bond donors (Lipinski definition) is 1. The Labute approximate surface area is 235 Å². The smallest absolute Gasteiger partial charge is 0.416 e. The van der Waals surface area contributed by atoms with Crippen molar-refractivity contribution in [2.24, 2.45) is 5.92 Å². The van der Waals surface area contributed by atoms with Gasteiger partial charge in [-0.05, 0) is 99.3 Å². The summed E-state index contributed by atoms with van der Waals surface area (Å²) in [4.78, 5) is 29.0. The molecular weight excluding hydrogens is 544 g/mol. The molecule has 3 heterocycles. The van der Waals surface area contributed by atoms with Crippen LogP contribution in [0.2, 0.25) is 0 Å². The van der Waals surface area contributed by atoms with Crippen molar-refractivity contribution < 1.29 is 41.7 Å². The summed E-state index contributed by atoms with van der Waals surface area (Å²) in [6.45, 7) is 1.96. The van der Waals surface area contributed by atoms with Crippen molar-refractivity contribution in [2.45, 2.75) is 68.8 Å². The van der Waals surface area contributed by atoms with Gasteiger partial charge in [0.05, 0.1) is 24.3 Å². The second kappa shape index (κ2) is 10.6. The largest absolute Gasteiger partial charge is 0.478 e. The molecule has 0 spiro atoms. The normalized spacial score (nSPS) is 25.9. The molecule has 3 aliphatic heterocycles. The first-order valence-corrected chi connectivity index (χ1v) is 14.1. The highest BCUT2D eigenvalue weighted by atomic mass is 19.4. The minimum Gasteiger partial charge on any atom is -0.478 e. The van der Waals surface area contributed by atoms with Crippen molar-refractivity contribution in [3.8, 4) is 5.75 Å². The molecule has 1 unspecified atom stereocenters. The molecule has 1 N–H and O–H groups in total. The van der Waals surface area contributed by atoms with Crippen LogP contribution in [0.1, 0.15) is 71.5 Å². The highest BCUT2D eigenvalue weighted by Crippen LogP contribution is 2.49. The highest BCUT2D eigenvalue weighted by Gasteiger charge is 2.56. The fourth-order valence-electron chi connectivity index (χ4n) is 6.66. The monoisotopic (exact) mass is 576 g/mol. The van der Waals surface area contributed by atoms with Gasteiger partial charge in [-0.1, -0.05) is 6.07 Å². The molecule has 2 saturated heterocycles. The molecule has 6 rings (SSSR count). The molecule has 1 aliphatic carbocycles. The Morgan fingerprint density at radius 2 is 1.76 bits per heavy atom. The number of amides is 1. The topological polar surface area (TPSA) is 79.3 Å². The minimum absolute atomic E-state index is 0.0288. The quantitative estimate of drug-likeness (QED) is 0.479. The van der Waals surface area contributed by atoms with Gasteiger partial charge >= 0.3 is 12.1 Å². The van der Waals surface area contributed by atoms with Gasteiger partial charge in [0.1, 0.15) is 17.2 Å². The molecule has 11 heteroatoms. The lowest BCUT2D eigenvalue weighted by Crippen LogP contribution is -2.59. The summed E-state index contributed by atoms with van der Waals surface area (Å²) in [7, 11) is 0. The van der Waals surface area contributed by atoms with E-state index in [9.17, 15) is 32.3 Å². The third-order valence-electron chi connectivity index (χ3n) is 9.13. The van der Waals surface area contributed by atoms with E-state index >= 15 is 0 Å². The van der Waals surface area contributed by atoms with E-state index in [4.69, 9.17) is 9.47 Å². The zero-order chi connectivity index (χ0) is 28.9. The van der Waals surface area contributed by atoms with E-state index in [0.717, 1.165) is 62.9 Å².